The molecule has 64 heavy (non-hydrogen) atoms. The monoisotopic (exact) mass is 814 g/mol. The summed E-state index contributed by atoms with van der Waals surface area (Å²) in [5, 5.41) is 7.44. The van der Waals surface area contributed by atoms with E-state index in [0.717, 1.165) is 22.7 Å². The van der Waals surface area contributed by atoms with Gasteiger partial charge in [0, 0.05) is 33.4 Å². The van der Waals surface area contributed by atoms with Crippen molar-refractivity contribution >= 4 is 60.4 Å². The lowest BCUT2D eigenvalue weighted by atomic mass is 9.91. The predicted octanol–water partition coefficient (Wildman–Crippen LogP) is 17.2. The van der Waals surface area contributed by atoms with Crippen LogP contribution in [0.4, 0.5) is 17.1 Å². The van der Waals surface area contributed by atoms with Gasteiger partial charge in [-0.2, -0.15) is 0 Å². The third-order valence-corrected chi connectivity index (χ3v) is 12.8. The molecular weight excluding hydrogens is 773 g/mol. The molecule has 0 fully saturated rings. The van der Waals surface area contributed by atoms with Crippen LogP contribution in [0.2, 0.25) is 0 Å². The summed E-state index contributed by atoms with van der Waals surface area (Å²) in [6, 6.07) is 92.7. The number of nitrogens with zero attached hydrogens (tertiary/aromatic N) is 2. The first-order valence-corrected chi connectivity index (χ1v) is 22.0. The zero-order chi connectivity index (χ0) is 42.4. The van der Waals surface area contributed by atoms with Crippen LogP contribution in [0.25, 0.3) is 93.5 Å². The Morgan fingerprint density at radius 3 is 1.42 bits per heavy atom. The van der Waals surface area contributed by atoms with Crippen molar-refractivity contribution in [2.24, 2.45) is 0 Å². The Hall–Kier alpha value is -8.46. The molecule has 12 rings (SSSR count). The second-order valence-corrected chi connectivity index (χ2v) is 16.5. The number of hydrogen-bond donors (Lipinski definition) is 0. The van der Waals surface area contributed by atoms with Gasteiger partial charge in [0.15, 0.2) is 0 Å². The molecule has 0 saturated carbocycles. The van der Waals surface area contributed by atoms with Gasteiger partial charge in [0.1, 0.15) is 0 Å². The summed E-state index contributed by atoms with van der Waals surface area (Å²) < 4.78 is 2.44. The summed E-state index contributed by atoms with van der Waals surface area (Å²) in [6.45, 7) is 0. The van der Waals surface area contributed by atoms with Crippen molar-refractivity contribution in [3.8, 4) is 50.2 Å². The molecule has 0 unspecified atom stereocenters. The summed E-state index contributed by atoms with van der Waals surface area (Å²) in [5.41, 5.74) is 16.3. The molecule has 0 saturated heterocycles. The van der Waals surface area contributed by atoms with Gasteiger partial charge < -0.3 is 9.47 Å². The molecule has 2 heteroatoms. The zero-order valence-electron chi connectivity index (χ0n) is 35.1. The highest BCUT2D eigenvalue weighted by Gasteiger charge is 2.21. The van der Waals surface area contributed by atoms with Gasteiger partial charge in [-0.3, -0.25) is 0 Å². The fourth-order valence-electron chi connectivity index (χ4n) is 9.81. The van der Waals surface area contributed by atoms with Gasteiger partial charge in [0.05, 0.1) is 16.7 Å². The molecule has 0 aliphatic rings. The van der Waals surface area contributed by atoms with Crippen LogP contribution in [0, 0.1) is 0 Å². The van der Waals surface area contributed by atoms with E-state index in [9.17, 15) is 0 Å². The van der Waals surface area contributed by atoms with Gasteiger partial charge in [-0.15, -0.1) is 0 Å². The third kappa shape index (κ3) is 6.44. The van der Waals surface area contributed by atoms with Crippen LogP contribution in [0.5, 0.6) is 0 Å². The Bertz CT molecular complexity index is 3610. The molecule has 1 heterocycles. The Morgan fingerprint density at radius 2 is 0.734 bits per heavy atom. The maximum absolute atomic E-state index is 2.44. The zero-order valence-corrected chi connectivity index (χ0v) is 35.1. The molecule has 0 radical (unpaired) electrons. The van der Waals surface area contributed by atoms with Crippen molar-refractivity contribution in [2.45, 2.75) is 0 Å². The largest absolute Gasteiger partial charge is 0.310 e. The van der Waals surface area contributed by atoms with Crippen LogP contribution in [0.1, 0.15) is 0 Å². The standard InChI is InChI=1S/C62H42N2/c1-3-18-44(19-4-1)51-39-40-52(54-24-10-9-23-53(51)54)45-33-35-49(36-34-45)63(48-21-5-2-6-22-48)50-37-38-55(59(42-50)47-32-31-43-17-7-8-20-46(43)41-47)56-25-11-14-28-60(56)64-61-29-15-12-26-57(61)58-27-13-16-30-62(58)64/h1-42H. The Morgan fingerprint density at radius 1 is 0.250 bits per heavy atom. The molecule has 0 spiro atoms. The number of benzene rings is 11. The topological polar surface area (TPSA) is 8.17 Å². The molecule has 11 aromatic carbocycles. The first kappa shape index (κ1) is 37.3. The van der Waals surface area contributed by atoms with Crippen molar-refractivity contribution in [3.63, 3.8) is 0 Å². The van der Waals surface area contributed by atoms with E-state index in [4.69, 9.17) is 0 Å². The van der Waals surface area contributed by atoms with E-state index in [2.05, 4.69) is 264 Å². The second-order valence-electron chi connectivity index (χ2n) is 16.5. The summed E-state index contributed by atoms with van der Waals surface area (Å²) in [7, 11) is 0. The predicted molar refractivity (Wildman–Crippen MR) is 272 cm³/mol. The van der Waals surface area contributed by atoms with Crippen molar-refractivity contribution in [1.82, 2.24) is 4.57 Å². The van der Waals surface area contributed by atoms with Crippen LogP contribution in [0.3, 0.4) is 0 Å². The van der Waals surface area contributed by atoms with Crippen LogP contribution in [0.15, 0.2) is 255 Å². The maximum atomic E-state index is 2.44. The Balaban J connectivity index is 1.03. The smallest absolute Gasteiger partial charge is 0.0541 e. The van der Waals surface area contributed by atoms with E-state index in [1.54, 1.807) is 0 Å². The average molecular weight is 815 g/mol. The lowest BCUT2D eigenvalue weighted by Crippen LogP contribution is -2.10. The summed E-state index contributed by atoms with van der Waals surface area (Å²) in [5.74, 6) is 0. The van der Waals surface area contributed by atoms with Crippen LogP contribution >= 0.6 is 0 Å². The quantitative estimate of drug-likeness (QED) is 0.148. The second kappa shape index (κ2) is 15.8. The van der Waals surface area contributed by atoms with Crippen LogP contribution < -0.4 is 4.90 Å². The van der Waals surface area contributed by atoms with Gasteiger partial charge in [-0.1, -0.05) is 194 Å². The fourth-order valence-corrected chi connectivity index (χ4v) is 9.81. The van der Waals surface area contributed by atoms with Crippen molar-refractivity contribution < 1.29 is 0 Å². The molecule has 12 aromatic rings. The fraction of sp³-hybridized carbons (Fsp3) is 0. The highest BCUT2D eigenvalue weighted by Crippen LogP contribution is 2.45. The minimum absolute atomic E-state index is 1.08. The van der Waals surface area contributed by atoms with Gasteiger partial charge in [0.2, 0.25) is 0 Å². The highest BCUT2D eigenvalue weighted by molar-refractivity contribution is 6.10. The number of para-hydroxylation sites is 4. The average Bonchev–Trinajstić information content (AvgIpc) is 3.71. The Kier molecular flexibility index (Phi) is 9.20. The number of rotatable bonds is 8. The van der Waals surface area contributed by atoms with Crippen molar-refractivity contribution in [2.75, 3.05) is 4.90 Å². The number of aromatic nitrogens is 1. The molecule has 0 N–H and O–H groups in total. The SMILES string of the molecule is c1ccc(-c2ccc(-c3ccc(N(c4ccccc4)c4ccc(-c5ccccc5-n5c6ccccc6c6ccccc65)c(-c5ccc6ccccc6c5)c4)cc3)c3ccccc23)cc1. The van der Waals surface area contributed by atoms with Crippen LogP contribution in [-0.4, -0.2) is 4.57 Å². The van der Waals surface area contributed by atoms with E-state index in [1.165, 1.54) is 87.9 Å². The maximum Gasteiger partial charge on any atom is 0.0541 e. The van der Waals surface area contributed by atoms with E-state index >= 15 is 0 Å². The first-order valence-electron chi connectivity index (χ1n) is 22.0. The van der Waals surface area contributed by atoms with Gasteiger partial charge in [-0.05, 0) is 121 Å². The minimum atomic E-state index is 1.08. The van der Waals surface area contributed by atoms with E-state index in [0.29, 0.717) is 0 Å². The molecule has 0 atom stereocenters. The molecule has 0 amide bonds. The Labute approximate surface area is 373 Å². The highest BCUT2D eigenvalue weighted by atomic mass is 15.1. The van der Waals surface area contributed by atoms with E-state index < -0.39 is 0 Å². The third-order valence-electron chi connectivity index (χ3n) is 12.8. The summed E-state index contributed by atoms with van der Waals surface area (Å²) in [6.07, 6.45) is 0. The summed E-state index contributed by atoms with van der Waals surface area (Å²) in [4.78, 5) is 2.38. The number of hydrogen-bond acceptors (Lipinski definition) is 1. The molecule has 0 aliphatic carbocycles. The molecule has 300 valence electrons. The summed E-state index contributed by atoms with van der Waals surface area (Å²) >= 11 is 0. The normalized spacial score (nSPS) is 11.4. The number of anilines is 3. The lowest BCUT2D eigenvalue weighted by Gasteiger charge is -2.27. The first-order chi connectivity index (χ1) is 31.8. The van der Waals surface area contributed by atoms with Gasteiger partial charge in [-0.25, -0.2) is 0 Å². The molecule has 1 aromatic heterocycles. The van der Waals surface area contributed by atoms with E-state index in [-0.39, 0.29) is 0 Å². The van der Waals surface area contributed by atoms with Crippen LogP contribution in [-0.2, 0) is 0 Å². The minimum Gasteiger partial charge on any atom is -0.310 e. The van der Waals surface area contributed by atoms with Gasteiger partial charge >= 0.3 is 0 Å². The number of fused-ring (bicyclic) bond motifs is 5. The lowest BCUT2D eigenvalue weighted by molar-refractivity contribution is 1.18. The molecule has 2 nitrogen and oxygen atoms in total. The molecular formula is C62H42N2. The van der Waals surface area contributed by atoms with Crippen molar-refractivity contribution in [1.29, 1.82) is 0 Å². The van der Waals surface area contributed by atoms with Crippen molar-refractivity contribution in [3.05, 3.63) is 255 Å². The molecule has 0 bridgehead atoms. The van der Waals surface area contributed by atoms with Gasteiger partial charge in [0.25, 0.3) is 0 Å². The molecule has 0 aliphatic heterocycles. The van der Waals surface area contributed by atoms with E-state index in [1.807, 2.05) is 0 Å².